The minimum absolute atomic E-state index is 0.133. The monoisotopic (exact) mass is 581 g/mol. The van der Waals surface area contributed by atoms with Crippen molar-refractivity contribution in [2.45, 2.75) is 80.1 Å². The molecule has 0 radical (unpaired) electrons. The molecule has 2 aliphatic heterocycles. The molecule has 3 N–H and O–H groups in total. The van der Waals surface area contributed by atoms with Crippen LogP contribution < -0.4 is 0 Å². The molecule has 2 aliphatic rings. The van der Waals surface area contributed by atoms with Gasteiger partial charge in [-0.2, -0.15) is 0 Å². The largest absolute Gasteiger partial charge is 0.396 e. The number of aryl methyl sites for hydroxylation is 3. The molecule has 3 aromatic rings. The Kier molecular flexibility index (Phi) is 10.1. The summed E-state index contributed by atoms with van der Waals surface area (Å²) in [5.41, 5.74) is 16.0. The van der Waals surface area contributed by atoms with Gasteiger partial charge in [-0.05, 0) is 99.1 Å². The summed E-state index contributed by atoms with van der Waals surface area (Å²) in [6.45, 7) is 19.8. The van der Waals surface area contributed by atoms with Crippen LogP contribution in [0.5, 0.6) is 0 Å². The van der Waals surface area contributed by atoms with Crippen LogP contribution >= 0.6 is 0 Å². The topological polar surface area (TPSA) is 97.9 Å². The molecule has 0 saturated carbocycles. The number of aromatic amines is 2. The Balaban J connectivity index is 0.000000365. The second-order valence-corrected chi connectivity index (χ2v) is 11.7. The number of rotatable bonds is 6. The number of aromatic nitrogens is 4. The van der Waals surface area contributed by atoms with Gasteiger partial charge in [0, 0.05) is 71.6 Å². The van der Waals surface area contributed by atoms with Crippen LogP contribution in [0.2, 0.25) is 0 Å². The summed E-state index contributed by atoms with van der Waals surface area (Å²) in [6, 6.07) is 6.63. The molecule has 1 amide bonds. The molecule has 3 aromatic heterocycles. The molecular formula is C36H47N5O2. The fraction of sp³-hybridized carbons (Fsp3) is 0.417. The summed E-state index contributed by atoms with van der Waals surface area (Å²) in [5, 5.41) is 8.43. The van der Waals surface area contributed by atoms with Crippen LogP contribution in [-0.2, 0) is 17.6 Å². The van der Waals surface area contributed by atoms with Crippen LogP contribution in [-0.4, -0.2) is 56.0 Å². The maximum Gasteiger partial charge on any atom is 0.222 e. The molecule has 5 heterocycles. The molecule has 8 bridgehead atoms. The molecule has 0 aromatic carbocycles. The number of hydrogen-bond acceptors (Lipinski definition) is 4. The molecule has 43 heavy (non-hydrogen) atoms. The van der Waals surface area contributed by atoms with E-state index in [1.165, 1.54) is 27.8 Å². The van der Waals surface area contributed by atoms with Crippen molar-refractivity contribution in [1.82, 2.24) is 24.8 Å². The van der Waals surface area contributed by atoms with Crippen molar-refractivity contribution < 1.29 is 9.90 Å². The van der Waals surface area contributed by atoms with E-state index in [9.17, 15) is 4.79 Å². The highest BCUT2D eigenvalue weighted by molar-refractivity contribution is 5.86. The van der Waals surface area contributed by atoms with E-state index >= 15 is 0 Å². The highest BCUT2D eigenvalue weighted by Crippen LogP contribution is 2.32. The molecule has 7 heteroatoms. The number of carbonyl (C=O) groups is 1. The van der Waals surface area contributed by atoms with Gasteiger partial charge in [-0.3, -0.25) is 9.78 Å². The SMILES string of the molecule is C=Cc1c(C)c2cc3nc(c(C)c4nc(cc5[nH]c(cc1[nH]2)c(C)c5CC)C(C)=C4)CC3C.CCC(=O)N(C)CCCO. The summed E-state index contributed by atoms with van der Waals surface area (Å²) in [4.78, 5) is 29.9. The van der Waals surface area contributed by atoms with Crippen molar-refractivity contribution in [1.29, 1.82) is 0 Å². The first kappa shape index (κ1) is 32.0. The first-order chi connectivity index (χ1) is 20.5. The fourth-order valence-corrected chi connectivity index (χ4v) is 5.84. The average Bonchev–Trinajstić information content (AvgIpc) is 3.71. The Morgan fingerprint density at radius 3 is 2.37 bits per heavy atom. The van der Waals surface area contributed by atoms with E-state index in [2.05, 4.69) is 82.4 Å². The third kappa shape index (κ3) is 6.67. The highest BCUT2D eigenvalue weighted by atomic mass is 16.3. The molecular weight excluding hydrogens is 534 g/mol. The quantitative estimate of drug-likeness (QED) is 0.279. The number of allylic oxidation sites excluding steroid dienone is 1. The van der Waals surface area contributed by atoms with Gasteiger partial charge in [0.25, 0.3) is 0 Å². The number of carbonyl (C=O) groups excluding carboxylic acids is 1. The zero-order chi connectivity index (χ0) is 31.4. The molecule has 5 rings (SSSR count). The predicted molar refractivity (Wildman–Crippen MR) is 180 cm³/mol. The van der Waals surface area contributed by atoms with E-state index in [0.29, 0.717) is 25.3 Å². The van der Waals surface area contributed by atoms with E-state index in [1.54, 1.807) is 11.9 Å². The second-order valence-electron chi connectivity index (χ2n) is 11.7. The minimum atomic E-state index is 0.133. The van der Waals surface area contributed by atoms with Crippen LogP contribution in [0.25, 0.3) is 39.8 Å². The number of hydrogen-bond donors (Lipinski definition) is 3. The number of fused-ring (bicyclic) bond motifs is 8. The molecule has 1 atom stereocenters. The summed E-state index contributed by atoms with van der Waals surface area (Å²) in [6.07, 6.45) is 7.26. The van der Waals surface area contributed by atoms with Crippen molar-refractivity contribution in [2.24, 2.45) is 0 Å². The second kappa shape index (κ2) is 13.6. The lowest BCUT2D eigenvalue weighted by atomic mass is 10.0. The molecule has 0 fully saturated rings. The van der Waals surface area contributed by atoms with Gasteiger partial charge in [-0.1, -0.05) is 33.4 Å². The van der Waals surface area contributed by atoms with E-state index in [0.717, 1.165) is 63.2 Å². The minimum Gasteiger partial charge on any atom is -0.396 e. The van der Waals surface area contributed by atoms with Crippen LogP contribution in [0.4, 0.5) is 0 Å². The summed E-state index contributed by atoms with van der Waals surface area (Å²) < 4.78 is 0. The van der Waals surface area contributed by atoms with Gasteiger partial charge in [0.15, 0.2) is 0 Å². The number of aliphatic hydroxyl groups excluding tert-OH is 1. The van der Waals surface area contributed by atoms with Crippen LogP contribution in [0.15, 0.2) is 24.8 Å². The maximum absolute atomic E-state index is 10.9. The molecule has 1 unspecified atom stereocenters. The number of nitrogens with one attached hydrogen (secondary N) is 2. The zero-order valence-corrected chi connectivity index (χ0v) is 27.1. The van der Waals surface area contributed by atoms with Gasteiger partial charge in [-0.25, -0.2) is 4.98 Å². The van der Waals surface area contributed by atoms with E-state index in [1.807, 2.05) is 13.0 Å². The molecule has 7 nitrogen and oxygen atoms in total. The smallest absolute Gasteiger partial charge is 0.222 e. The Morgan fingerprint density at radius 1 is 1.02 bits per heavy atom. The van der Waals surface area contributed by atoms with Crippen molar-refractivity contribution in [3.63, 3.8) is 0 Å². The number of H-pyrrole nitrogens is 2. The van der Waals surface area contributed by atoms with Gasteiger partial charge < -0.3 is 20.0 Å². The van der Waals surface area contributed by atoms with Gasteiger partial charge in [0.1, 0.15) is 0 Å². The lowest BCUT2D eigenvalue weighted by Crippen LogP contribution is -2.27. The number of nitrogens with zero attached hydrogens (tertiary/aromatic N) is 3. The third-order valence-electron chi connectivity index (χ3n) is 8.70. The fourth-order valence-electron chi connectivity index (χ4n) is 5.84. The number of amides is 1. The molecule has 0 saturated heterocycles. The maximum atomic E-state index is 10.9. The highest BCUT2D eigenvalue weighted by Gasteiger charge is 2.20. The van der Waals surface area contributed by atoms with Gasteiger partial charge in [0.2, 0.25) is 5.91 Å². The molecule has 228 valence electrons. The average molecular weight is 582 g/mol. The van der Waals surface area contributed by atoms with Crippen LogP contribution in [0, 0.1) is 20.8 Å². The van der Waals surface area contributed by atoms with E-state index in [4.69, 9.17) is 15.1 Å². The predicted octanol–water partition coefficient (Wildman–Crippen LogP) is 7.59. The lowest BCUT2D eigenvalue weighted by molar-refractivity contribution is -0.129. The number of aliphatic hydroxyl groups is 1. The van der Waals surface area contributed by atoms with Crippen LogP contribution in [0.1, 0.15) is 97.0 Å². The normalized spacial score (nSPS) is 14.2. The van der Waals surface area contributed by atoms with E-state index < -0.39 is 0 Å². The van der Waals surface area contributed by atoms with Gasteiger partial charge in [-0.15, -0.1) is 0 Å². The van der Waals surface area contributed by atoms with Crippen LogP contribution in [0.3, 0.4) is 0 Å². The van der Waals surface area contributed by atoms with Crippen molar-refractivity contribution in [3.05, 3.63) is 75.4 Å². The Morgan fingerprint density at radius 2 is 1.72 bits per heavy atom. The Hall–Kier alpha value is -3.97. The first-order valence-corrected chi connectivity index (χ1v) is 15.4. The molecule has 0 aliphatic carbocycles. The van der Waals surface area contributed by atoms with Crippen molar-refractivity contribution in [2.75, 3.05) is 20.2 Å². The summed E-state index contributed by atoms with van der Waals surface area (Å²) in [5.74, 6) is 0.503. The van der Waals surface area contributed by atoms with Gasteiger partial charge in [0.05, 0.1) is 11.4 Å². The first-order valence-electron chi connectivity index (χ1n) is 15.4. The standard InChI is InChI=1S/C29H32N4.C7H15NO2/c1-8-20-18(6)27-14-29-21(9-2)17(5)26(32-29)12-22-15(3)10-24(30-22)19(7)25-11-16(4)23(31-25)13-28(20)33-27;1-3-7(10)8(2)5-4-6-9/h9,11-15,32-33H,2,8,10H2,1,3-7H3;9H,3-6H2,1-2H3. The summed E-state index contributed by atoms with van der Waals surface area (Å²) in [7, 11) is 1.75. The van der Waals surface area contributed by atoms with Crippen molar-refractivity contribution >= 4 is 45.7 Å². The Labute approximate surface area is 255 Å². The zero-order valence-electron chi connectivity index (χ0n) is 27.1. The van der Waals surface area contributed by atoms with Crippen molar-refractivity contribution in [3.8, 4) is 0 Å². The lowest BCUT2D eigenvalue weighted by Gasteiger charge is -2.14. The van der Waals surface area contributed by atoms with Gasteiger partial charge >= 0.3 is 0 Å². The Bertz CT molecular complexity index is 1720. The molecule has 0 spiro atoms. The third-order valence-corrected chi connectivity index (χ3v) is 8.70. The summed E-state index contributed by atoms with van der Waals surface area (Å²) >= 11 is 0. The van der Waals surface area contributed by atoms with E-state index in [-0.39, 0.29) is 12.5 Å².